The number of imide groups is 1. The monoisotopic (exact) mass is 250 g/mol. The molecule has 88 valence electrons. The van der Waals surface area contributed by atoms with E-state index in [1.165, 1.54) is 21.1 Å². The predicted octanol–water partition coefficient (Wildman–Crippen LogP) is -0.496. The molecular formula is C9H11BN4O2S. The van der Waals surface area contributed by atoms with Crippen molar-refractivity contribution >= 4 is 36.0 Å². The minimum Gasteiger partial charge on any atom is -0.306 e. The molecule has 0 N–H and O–H groups in total. The second-order valence-electron chi connectivity index (χ2n) is 3.70. The van der Waals surface area contributed by atoms with Crippen LogP contribution >= 0.6 is 11.3 Å². The number of carbonyl (C=O) groups is 2. The number of nitrogens with zero attached hydrogens (tertiary/aromatic N) is 4. The van der Waals surface area contributed by atoms with Crippen molar-refractivity contribution in [1.82, 2.24) is 20.0 Å². The Labute approximate surface area is 104 Å². The predicted molar refractivity (Wildman–Crippen MR) is 63.1 cm³/mol. The lowest BCUT2D eigenvalue weighted by Gasteiger charge is -2.16. The van der Waals surface area contributed by atoms with Crippen LogP contribution < -0.4 is 4.91 Å². The van der Waals surface area contributed by atoms with Crippen molar-refractivity contribution in [3.8, 4) is 0 Å². The van der Waals surface area contributed by atoms with E-state index in [9.17, 15) is 9.59 Å². The summed E-state index contributed by atoms with van der Waals surface area (Å²) in [4.78, 5) is 26.8. The lowest BCUT2D eigenvalue weighted by Crippen LogP contribution is -2.33. The molecule has 1 atom stereocenters. The van der Waals surface area contributed by atoms with Crippen LogP contribution in [0.2, 0.25) is 0 Å². The van der Waals surface area contributed by atoms with E-state index in [4.69, 9.17) is 7.85 Å². The van der Waals surface area contributed by atoms with Crippen LogP contribution in [0.1, 0.15) is 18.9 Å². The fourth-order valence-corrected chi connectivity index (χ4v) is 2.35. The Balaban J connectivity index is 2.16. The van der Waals surface area contributed by atoms with E-state index in [-0.39, 0.29) is 18.5 Å². The number of carbonyl (C=O) groups excluding carboxylic acids is 2. The molecule has 2 heterocycles. The minimum absolute atomic E-state index is 0.171. The summed E-state index contributed by atoms with van der Waals surface area (Å²) in [6.45, 7) is 4.14. The molecule has 1 unspecified atom stereocenters. The van der Waals surface area contributed by atoms with Gasteiger partial charge in [-0.15, -0.1) is 16.4 Å². The van der Waals surface area contributed by atoms with E-state index in [1.807, 2.05) is 0 Å². The Morgan fingerprint density at radius 2 is 2.12 bits per heavy atom. The number of likely N-dealkylation sites (N-methyl/N-ethyl adjacent to an activating group) is 1. The molecule has 3 amide bonds. The zero-order valence-electron chi connectivity index (χ0n) is 9.58. The zero-order valence-corrected chi connectivity index (χ0v) is 10.4. The number of urea groups is 1. The number of aromatic nitrogens is 2. The van der Waals surface area contributed by atoms with E-state index in [1.54, 1.807) is 13.8 Å². The van der Waals surface area contributed by atoms with Gasteiger partial charge < -0.3 is 4.90 Å². The number of rotatable bonds is 3. The third-order valence-corrected chi connectivity index (χ3v) is 3.41. The molecule has 1 fully saturated rings. The largest absolute Gasteiger partial charge is 0.327 e. The maximum absolute atomic E-state index is 11.9. The van der Waals surface area contributed by atoms with Gasteiger partial charge in [-0.2, -0.15) is 5.10 Å². The Kier molecular flexibility index (Phi) is 3.14. The van der Waals surface area contributed by atoms with Gasteiger partial charge in [-0.05, 0) is 13.8 Å². The molecule has 8 heteroatoms. The summed E-state index contributed by atoms with van der Waals surface area (Å²) >= 11 is 1.22. The Morgan fingerprint density at radius 1 is 1.41 bits per heavy atom. The first-order chi connectivity index (χ1) is 8.04. The van der Waals surface area contributed by atoms with Crippen molar-refractivity contribution in [3.05, 3.63) is 5.01 Å². The average Bonchev–Trinajstić information content (AvgIpc) is 2.78. The van der Waals surface area contributed by atoms with E-state index in [2.05, 4.69) is 10.2 Å². The first kappa shape index (κ1) is 12.0. The van der Waals surface area contributed by atoms with E-state index in [0.717, 1.165) is 0 Å². The molecule has 0 saturated carbocycles. The van der Waals surface area contributed by atoms with Gasteiger partial charge in [-0.1, -0.05) is 0 Å². The zero-order chi connectivity index (χ0) is 12.6. The SMILES string of the molecule is [B]c1nnc(CN2C(=O)N(CC)C(=O)C2C)s1. The molecule has 0 spiro atoms. The van der Waals surface area contributed by atoms with Gasteiger partial charge >= 0.3 is 6.03 Å². The second kappa shape index (κ2) is 4.44. The highest BCUT2D eigenvalue weighted by atomic mass is 32.1. The summed E-state index contributed by atoms with van der Waals surface area (Å²) < 4.78 is 0. The molecule has 0 aromatic carbocycles. The number of amides is 3. The van der Waals surface area contributed by atoms with Crippen LogP contribution in [0, 0.1) is 0 Å². The van der Waals surface area contributed by atoms with Gasteiger partial charge in [0.1, 0.15) is 11.0 Å². The van der Waals surface area contributed by atoms with Gasteiger partial charge in [0.25, 0.3) is 5.91 Å². The van der Waals surface area contributed by atoms with Gasteiger partial charge in [0.2, 0.25) is 0 Å². The first-order valence-corrected chi connectivity index (χ1v) is 6.06. The summed E-state index contributed by atoms with van der Waals surface area (Å²) in [5, 5.41) is 8.15. The molecule has 17 heavy (non-hydrogen) atoms. The quantitative estimate of drug-likeness (QED) is 0.536. The standard InChI is InChI=1S/C9H11BN4O2S/c1-3-13-7(15)5(2)14(9(13)16)4-6-11-12-8(10)17-6/h5H,3-4H2,1-2H3. The smallest absolute Gasteiger partial charge is 0.306 e. The molecule has 1 saturated heterocycles. The number of hydrogen-bond donors (Lipinski definition) is 0. The van der Waals surface area contributed by atoms with Crippen LogP contribution in [0.5, 0.6) is 0 Å². The van der Waals surface area contributed by atoms with Crippen LogP contribution in [0.25, 0.3) is 0 Å². The van der Waals surface area contributed by atoms with Gasteiger partial charge in [0, 0.05) is 6.54 Å². The second-order valence-corrected chi connectivity index (χ2v) is 4.80. The Hall–Kier alpha value is -1.44. The molecule has 2 radical (unpaired) electrons. The highest BCUT2D eigenvalue weighted by Gasteiger charge is 2.41. The van der Waals surface area contributed by atoms with Crippen LogP contribution in [-0.2, 0) is 11.3 Å². The molecule has 1 aromatic rings. The van der Waals surface area contributed by atoms with Crippen molar-refractivity contribution in [1.29, 1.82) is 0 Å². The van der Waals surface area contributed by atoms with Crippen LogP contribution in [0.3, 0.4) is 0 Å². The van der Waals surface area contributed by atoms with Crippen LogP contribution in [0.4, 0.5) is 4.79 Å². The van der Waals surface area contributed by atoms with Crippen LogP contribution in [-0.4, -0.2) is 52.4 Å². The molecule has 1 aliphatic rings. The van der Waals surface area contributed by atoms with Crippen molar-refractivity contribution in [2.45, 2.75) is 26.4 Å². The summed E-state index contributed by atoms with van der Waals surface area (Å²) in [6.07, 6.45) is 0. The summed E-state index contributed by atoms with van der Waals surface area (Å²) in [7, 11) is 5.47. The van der Waals surface area contributed by atoms with E-state index in [0.29, 0.717) is 16.5 Å². The lowest BCUT2D eigenvalue weighted by molar-refractivity contribution is -0.127. The first-order valence-electron chi connectivity index (χ1n) is 5.24. The molecule has 1 aliphatic heterocycles. The fourth-order valence-electron chi connectivity index (χ4n) is 1.75. The van der Waals surface area contributed by atoms with Gasteiger partial charge in [0.15, 0.2) is 7.85 Å². The topological polar surface area (TPSA) is 66.4 Å². The third kappa shape index (κ3) is 2.04. The molecule has 0 aliphatic carbocycles. The van der Waals surface area contributed by atoms with E-state index >= 15 is 0 Å². The average molecular weight is 250 g/mol. The van der Waals surface area contributed by atoms with Crippen molar-refractivity contribution < 1.29 is 9.59 Å². The molecule has 1 aromatic heterocycles. The highest BCUT2D eigenvalue weighted by molar-refractivity contribution is 7.19. The van der Waals surface area contributed by atoms with Crippen molar-refractivity contribution in [2.75, 3.05) is 6.54 Å². The maximum atomic E-state index is 11.9. The molecule has 2 rings (SSSR count). The third-order valence-electron chi connectivity index (χ3n) is 2.67. The maximum Gasteiger partial charge on any atom is 0.327 e. The Bertz CT molecular complexity index is 464. The summed E-state index contributed by atoms with van der Waals surface area (Å²) in [6, 6.07) is -0.730. The summed E-state index contributed by atoms with van der Waals surface area (Å²) in [5.74, 6) is -0.171. The number of hydrogen-bond acceptors (Lipinski definition) is 5. The van der Waals surface area contributed by atoms with Gasteiger partial charge in [-0.3, -0.25) is 9.69 Å². The Morgan fingerprint density at radius 3 is 2.59 bits per heavy atom. The lowest BCUT2D eigenvalue weighted by atomic mass is 10.2. The van der Waals surface area contributed by atoms with Crippen LogP contribution in [0.15, 0.2) is 0 Å². The van der Waals surface area contributed by atoms with Crippen molar-refractivity contribution in [3.63, 3.8) is 0 Å². The van der Waals surface area contributed by atoms with Crippen molar-refractivity contribution in [2.24, 2.45) is 0 Å². The highest BCUT2D eigenvalue weighted by Crippen LogP contribution is 2.19. The molecule has 6 nitrogen and oxygen atoms in total. The van der Waals surface area contributed by atoms with E-state index < -0.39 is 6.04 Å². The van der Waals surface area contributed by atoms with Gasteiger partial charge in [0.05, 0.1) is 11.5 Å². The molecular weight excluding hydrogens is 239 g/mol. The fraction of sp³-hybridized carbons (Fsp3) is 0.556. The summed E-state index contributed by atoms with van der Waals surface area (Å²) in [5.41, 5.74) is 0. The minimum atomic E-state index is -0.451. The molecule has 0 bridgehead atoms. The normalized spacial score (nSPS) is 20.5. The van der Waals surface area contributed by atoms with Gasteiger partial charge in [-0.25, -0.2) is 4.79 Å².